The molecular weight excluding hydrogens is 160 g/mol. The van der Waals surface area contributed by atoms with Crippen LogP contribution < -0.4 is 4.74 Å². The minimum absolute atomic E-state index is 0.0495. The predicted molar refractivity (Wildman–Crippen MR) is 48.4 cm³/mol. The third kappa shape index (κ3) is 1.98. The lowest BCUT2D eigenvalue weighted by Crippen LogP contribution is -2.01. The fraction of sp³-hybridized carbons (Fsp3) is 0.400. The van der Waals surface area contributed by atoms with Gasteiger partial charge < -0.3 is 9.47 Å². The highest BCUT2D eigenvalue weighted by molar-refractivity contribution is 5.39. The molecular formula is C10H14O2. The Hall–Kier alpha value is -1.02. The van der Waals surface area contributed by atoms with Gasteiger partial charge in [0.1, 0.15) is 5.75 Å². The van der Waals surface area contributed by atoms with Crippen molar-refractivity contribution in [3.05, 3.63) is 29.3 Å². The highest BCUT2D eigenvalue weighted by Gasteiger charge is 2.01. The molecule has 0 bridgehead atoms. The fourth-order valence-corrected chi connectivity index (χ4v) is 0.962. The molecule has 0 aliphatic carbocycles. The second-order valence-corrected chi connectivity index (χ2v) is 2.50. The Morgan fingerprint density at radius 2 is 2.17 bits per heavy atom. The molecule has 0 aromatic heterocycles. The van der Waals surface area contributed by atoms with Crippen molar-refractivity contribution >= 4 is 0 Å². The van der Waals surface area contributed by atoms with E-state index in [1.807, 2.05) is 0 Å². The number of benzene rings is 1. The topological polar surface area (TPSA) is 18.5 Å². The van der Waals surface area contributed by atoms with Gasteiger partial charge in [-0.1, -0.05) is 18.2 Å². The molecule has 2 heteroatoms. The summed E-state index contributed by atoms with van der Waals surface area (Å²) in [4.78, 5) is 0. The summed E-state index contributed by atoms with van der Waals surface area (Å²) in [5, 5.41) is 0. The number of hydrogen-bond acceptors (Lipinski definition) is 2. The first-order chi connectivity index (χ1) is 6.96. The van der Waals surface area contributed by atoms with Crippen LogP contribution in [0.4, 0.5) is 0 Å². The molecule has 0 aliphatic heterocycles. The minimum Gasteiger partial charge on any atom is -0.467 e. The summed E-state index contributed by atoms with van der Waals surface area (Å²) in [6.07, 6.45) is 0. The molecule has 0 unspecified atom stereocenters. The zero-order chi connectivity index (χ0) is 11.5. The third-order valence-electron chi connectivity index (χ3n) is 1.53. The van der Waals surface area contributed by atoms with E-state index in [0.29, 0.717) is 5.75 Å². The normalized spacial score (nSPS) is 14.7. The number of aryl methyl sites for hydroxylation is 2. The quantitative estimate of drug-likeness (QED) is 0.521. The number of methoxy groups -OCH3 is 1. The first-order valence-corrected chi connectivity index (χ1v) is 3.68. The highest BCUT2D eigenvalue weighted by atomic mass is 16.7. The summed E-state index contributed by atoms with van der Waals surface area (Å²) >= 11 is 0. The Morgan fingerprint density at radius 3 is 2.83 bits per heavy atom. The zero-order valence-corrected chi connectivity index (χ0v) is 7.26. The molecule has 12 heavy (non-hydrogen) atoms. The molecule has 0 fully saturated rings. The van der Waals surface area contributed by atoms with Crippen LogP contribution in [0.25, 0.3) is 0 Å². The molecule has 0 saturated carbocycles. The maximum atomic E-state index is 7.36. The van der Waals surface area contributed by atoms with Crippen molar-refractivity contribution in [1.82, 2.24) is 0 Å². The number of rotatable bonds is 3. The molecule has 0 aliphatic rings. The first kappa shape index (κ1) is 5.60. The lowest BCUT2D eigenvalue weighted by molar-refractivity contribution is 0.0501. The lowest BCUT2D eigenvalue weighted by Gasteiger charge is -2.10. The zero-order valence-electron chi connectivity index (χ0n) is 10.3. The summed E-state index contributed by atoms with van der Waals surface area (Å²) in [5.41, 5.74) is 1.01. The molecule has 0 heterocycles. The van der Waals surface area contributed by atoms with Crippen LogP contribution in [0.3, 0.4) is 0 Å². The van der Waals surface area contributed by atoms with E-state index in [9.17, 15) is 0 Å². The van der Waals surface area contributed by atoms with E-state index >= 15 is 0 Å². The molecule has 1 aromatic rings. The van der Waals surface area contributed by atoms with E-state index in [4.69, 9.17) is 13.6 Å². The maximum absolute atomic E-state index is 7.36. The molecule has 0 N–H and O–H groups in total. The minimum atomic E-state index is -2.16. The van der Waals surface area contributed by atoms with Gasteiger partial charge in [-0.2, -0.15) is 0 Å². The van der Waals surface area contributed by atoms with Crippen molar-refractivity contribution in [3.63, 3.8) is 0 Å². The van der Waals surface area contributed by atoms with Gasteiger partial charge in [-0.3, -0.25) is 0 Å². The predicted octanol–water partition coefficient (Wildman–Crippen LogP) is 2.29. The van der Waals surface area contributed by atoms with Crippen molar-refractivity contribution in [2.45, 2.75) is 13.8 Å². The summed E-state index contributed by atoms with van der Waals surface area (Å²) in [7, 11) is 1.49. The van der Waals surface area contributed by atoms with Crippen LogP contribution in [0.1, 0.15) is 15.2 Å². The summed E-state index contributed by atoms with van der Waals surface area (Å²) in [6.45, 7) is -0.302. The van der Waals surface area contributed by atoms with Crippen molar-refractivity contribution in [3.8, 4) is 5.75 Å². The summed E-state index contributed by atoms with van der Waals surface area (Å²) in [6, 6.07) is 5.06. The van der Waals surface area contributed by atoms with E-state index in [2.05, 4.69) is 0 Å². The third-order valence-corrected chi connectivity index (χ3v) is 1.53. The number of para-hydroxylation sites is 1. The Balaban J connectivity index is 3.09. The van der Waals surface area contributed by atoms with Gasteiger partial charge in [0, 0.05) is 11.2 Å². The SMILES string of the molecule is [2H][13C]([2H])([2H])[13c]1[13cH][13cH][13cH][13c]([13CH3])[13c]1OCOC. The molecule has 1 aromatic carbocycles. The van der Waals surface area contributed by atoms with Gasteiger partial charge in [-0.25, -0.2) is 0 Å². The Labute approximate surface area is 77.3 Å². The molecule has 0 atom stereocenters. The van der Waals surface area contributed by atoms with Crippen molar-refractivity contribution in [2.75, 3.05) is 13.9 Å². The molecule has 66 valence electrons. The largest absolute Gasteiger partial charge is 0.467 e. The van der Waals surface area contributed by atoms with Crippen LogP contribution in [0, 0.1) is 13.8 Å². The van der Waals surface area contributed by atoms with Crippen LogP contribution in [-0.2, 0) is 4.74 Å². The molecule has 0 amide bonds. The smallest absolute Gasteiger partial charge is 0.188 e. The van der Waals surface area contributed by atoms with E-state index < -0.39 is 6.85 Å². The van der Waals surface area contributed by atoms with Gasteiger partial charge in [0.05, 0.1) is 0 Å². The van der Waals surface area contributed by atoms with Crippen molar-refractivity contribution in [2.24, 2.45) is 0 Å². The molecule has 0 radical (unpaired) electrons. The summed E-state index contributed by atoms with van der Waals surface area (Å²) < 4.78 is 32.1. The fourth-order valence-electron chi connectivity index (χ4n) is 0.962. The molecule has 1 rings (SSSR count). The maximum Gasteiger partial charge on any atom is 0.188 e. The van der Waals surface area contributed by atoms with E-state index in [1.165, 1.54) is 7.11 Å². The van der Waals surface area contributed by atoms with E-state index in [-0.39, 0.29) is 12.4 Å². The van der Waals surface area contributed by atoms with Gasteiger partial charge in [0.2, 0.25) is 0 Å². The monoisotopic (exact) mass is 177 g/mol. The van der Waals surface area contributed by atoms with Crippen LogP contribution in [-0.4, -0.2) is 13.9 Å². The standard InChI is InChI=1S/C10H14O2/c1-8-5-4-6-9(2)10(8)12-7-11-3/h4-6H,7H2,1-3H3/i1+1,2+1D3,4+1,5+1,6+1,8+1,9+1,10+1. The average molecular weight is 177 g/mol. The first-order valence-electron chi connectivity index (χ1n) is 5.18. The second-order valence-electron chi connectivity index (χ2n) is 2.50. The molecule has 0 spiro atoms. The molecule has 2 nitrogen and oxygen atoms in total. The Bertz CT molecular complexity index is 334. The Morgan fingerprint density at radius 1 is 1.42 bits per heavy atom. The highest BCUT2D eigenvalue weighted by Crippen LogP contribution is 2.21. The van der Waals surface area contributed by atoms with Gasteiger partial charge in [-0.05, 0) is 24.9 Å². The Kier molecular flexibility index (Phi) is 1.92. The lowest BCUT2D eigenvalue weighted by atomic mass is 11.1. The van der Waals surface area contributed by atoms with Gasteiger partial charge in [-0.15, -0.1) is 0 Å². The van der Waals surface area contributed by atoms with Gasteiger partial charge in [0.15, 0.2) is 6.79 Å². The molecule has 0 saturated heterocycles. The van der Waals surface area contributed by atoms with Crippen LogP contribution in [0.5, 0.6) is 5.75 Å². The van der Waals surface area contributed by atoms with Crippen LogP contribution in [0.15, 0.2) is 18.2 Å². The van der Waals surface area contributed by atoms with E-state index in [1.54, 1.807) is 25.1 Å². The summed E-state index contributed by atoms with van der Waals surface area (Å²) in [5.74, 6) is 0.388. The van der Waals surface area contributed by atoms with Gasteiger partial charge in [0.25, 0.3) is 0 Å². The van der Waals surface area contributed by atoms with Crippen molar-refractivity contribution in [1.29, 1.82) is 0 Å². The number of hydrogen-bond donors (Lipinski definition) is 0. The van der Waals surface area contributed by atoms with Crippen LogP contribution in [0.2, 0.25) is 0 Å². The van der Waals surface area contributed by atoms with Crippen molar-refractivity contribution < 1.29 is 13.6 Å². The second kappa shape index (κ2) is 4.12. The van der Waals surface area contributed by atoms with Crippen LogP contribution >= 0.6 is 0 Å². The number of ether oxygens (including phenoxy) is 2. The average Bonchev–Trinajstić information content (AvgIpc) is 2.14. The van der Waals surface area contributed by atoms with Gasteiger partial charge >= 0.3 is 0 Å². The van der Waals surface area contributed by atoms with E-state index in [0.717, 1.165) is 5.56 Å².